The molecule has 0 fully saturated rings. The van der Waals surface area contributed by atoms with Gasteiger partial charge in [0.2, 0.25) is 0 Å². The topological polar surface area (TPSA) is 0 Å². The Morgan fingerprint density at radius 1 is 0.850 bits per heavy atom. The first-order chi connectivity index (χ1) is 9.21. The molecule has 3 rings (SSSR count). The molecule has 1 aliphatic rings. The minimum Gasteiger partial charge on any atom is -0.166 e. The highest BCUT2D eigenvalue weighted by atomic mass is 28.3. The zero-order chi connectivity index (χ0) is 14.7. The summed E-state index contributed by atoms with van der Waals surface area (Å²) in [4.78, 5) is 0. The number of alkyl halides is 3. The average Bonchev–Trinajstić information content (AvgIpc) is 2.57. The number of fused-ring (bicyclic) bond motifs is 3. The largest absolute Gasteiger partial charge is 0.416 e. The third kappa shape index (κ3) is 1.82. The van der Waals surface area contributed by atoms with Crippen LogP contribution in [0.1, 0.15) is 11.1 Å². The molecule has 1 aliphatic heterocycles. The Bertz CT molecular complexity index is 699. The first-order valence-electron chi connectivity index (χ1n) is 6.54. The molecule has 0 bridgehead atoms. The molecule has 20 heavy (non-hydrogen) atoms. The molecular weight excluding hydrogens is 277 g/mol. The minimum absolute atomic E-state index is 0.560. The van der Waals surface area contributed by atoms with Crippen molar-refractivity contribution in [2.45, 2.75) is 26.2 Å². The van der Waals surface area contributed by atoms with E-state index >= 15 is 0 Å². The van der Waals surface area contributed by atoms with Gasteiger partial charge in [0, 0.05) is 0 Å². The molecule has 1 heterocycles. The van der Waals surface area contributed by atoms with Crippen molar-refractivity contribution in [2.24, 2.45) is 0 Å². The first-order valence-corrected chi connectivity index (χ1v) is 9.54. The Kier molecular flexibility index (Phi) is 2.67. The van der Waals surface area contributed by atoms with Crippen LogP contribution in [0.2, 0.25) is 13.1 Å². The molecule has 0 saturated heterocycles. The molecule has 0 saturated carbocycles. The van der Waals surface area contributed by atoms with E-state index in [0.29, 0.717) is 0 Å². The van der Waals surface area contributed by atoms with E-state index in [2.05, 4.69) is 19.2 Å². The fourth-order valence-electron chi connectivity index (χ4n) is 3.06. The molecule has 2 aromatic carbocycles. The van der Waals surface area contributed by atoms with E-state index in [0.717, 1.165) is 21.9 Å². The lowest BCUT2D eigenvalue weighted by Gasteiger charge is -2.19. The van der Waals surface area contributed by atoms with E-state index in [9.17, 15) is 13.2 Å². The van der Waals surface area contributed by atoms with Gasteiger partial charge < -0.3 is 0 Å². The normalized spacial score (nSPS) is 15.9. The van der Waals surface area contributed by atoms with Gasteiger partial charge in [-0.3, -0.25) is 0 Å². The van der Waals surface area contributed by atoms with Crippen LogP contribution in [0.15, 0.2) is 36.4 Å². The zero-order valence-electron chi connectivity index (χ0n) is 11.6. The zero-order valence-corrected chi connectivity index (χ0v) is 12.6. The van der Waals surface area contributed by atoms with Gasteiger partial charge in [0.15, 0.2) is 0 Å². The molecule has 104 valence electrons. The summed E-state index contributed by atoms with van der Waals surface area (Å²) in [6, 6.07) is 10.4. The summed E-state index contributed by atoms with van der Waals surface area (Å²) in [6.45, 7) is 6.36. The lowest BCUT2D eigenvalue weighted by Crippen LogP contribution is -2.49. The number of aryl methyl sites for hydroxylation is 1. The lowest BCUT2D eigenvalue weighted by molar-refractivity contribution is -0.137. The maximum absolute atomic E-state index is 12.9. The summed E-state index contributed by atoms with van der Waals surface area (Å²) in [5.41, 5.74) is 2.28. The first kappa shape index (κ1) is 13.4. The summed E-state index contributed by atoms with van der Waals surface area (Å²) in [5, 5.41) is 2.34. The van der Waals surface area contributed by atoms with Crippen molar-refractivity contribution in [3.8, 4) is 11.1 Å². The van der Waals surface area contributed by atoms with E-state index in [1.165, 1.54) is 17.3 Å². The van der Waals surface area contributed by atoms with Crippen LogP contribution in [0.4, 0.5) is 13.2 Å². The van der Waals surface area contributed by atoms with Crippen LogP contribution in [0, 0.1) is 6.92 Å². The van der Waals surface area contributed by atoms with Crippen LogP contribution in [-0.4, -0.2) is 8.07 Å². The number of hydrogen-bond donors (Lipinski definition) is 0. The van der Waals surface area contributed by atoms with Crippen LogP contribution >= 0.6 is 0 Å². The van der Waals surface area contributed by atoms with Crippen molar-refractivity contribution in [3.05, 3.63) is 47.5 Å². The predicted octanol–water partition coefficient (Wildman–Crippen LogP) is 3.82. The maximum atomic E-state index is 12.9. The fraction of sp³-hybridized carbons (Fsp3) is 0.250. The molecule has 0 unspecified atom stereocenters. The second kappa shape index (κ2) is 3.98. The SMILES string of the molecule is Cc1ccc2c(c1)-c1cc(C(F)(F)F)ccc1[Si]2(C)C. The third-order valence-electron chi connectivity index (χ3n) is 4.16. The van der Waals surface area contributed by atoms with Gasteiger partial charge in [-0.2, -0.15) is 13.2 Å². The van der Waals surface area contributed by atoms with Gasteiger partial charge in [-0.05, 0) is 34.5 Å². The second-order valence-corrected chi connectivity index (χ2v) is 10.3. The molecule has 0 amide bonds. The summed E-state index contributed by atoms with van der Waals surface area (Å²) in [5.74, 6) is 0. The standard InChI is InChI=1S/C16H15F3Si/c1-10-4-6-14-12(8-10)13-9-11(16(17,18)19)5-7-15(13)20(14,2)3/h4-9H,1-3H3. The maximum Gasteiger partial charge on any atom is 0.416 e. The van der Waals surface area contributed by atoms with Crippen LogP contribution in [0.25, 0.3) is 11.1 Å². The highest BCUT2D eigenvalue weighted by Gasteiger charge is 2.39. The molecule has 0 radical (unpaired) electrons. The van der Waals surface area contributed by atoms with E-state index in [-0.39, 0.29) is 0 Å². The van der Waals surface area contributed by atoms with E-state index < -0.39 is 19.8 Å². The molecule has 0 spiro atoms. The van der Waals surface area contributed by atoms with Crippen LogP contribution in [-0.2, 0) is 6.18 Å². The van der Waals surface area contributed by atoms with Gasteiger partial charge in [-0.1, -0.05) is 49.0 Å². The van der Waals surface area contributed by atoms with Crippen molar-refractivity contribution in [3.63, 3.8) is 0 Å². The van der Waals surface area contributed by atoms with Gasteiger partial charge in [0.25, 0.3) is 0 Å². The molecule has 0 aromatic heterocycles. The van der Waals surface area contributed by atoms with Crippen molar-refractivity contribution >= 4 is 18.4 Å². The fourth-order valence-corrected chi connectivity index (χ4v) is 6.11. The van der Waals surface area contributed by atoms with Crippen molar-refractivity contribution < 1.29 is 13.2 Å². The summed E-state index contributed by atoms with van der Waals surface area (Å²) in [6.07, 6.45) is -4.28. The molecular formula is C16H15F3Si. The van der Waals surface area contributed by atoms with Gasteiger partial charge >= 0.3 is 6.18 Å². The van der Waals surface area contributed by atoms with E-state index in [1.54, 1.807) is 6.07 Å². The molecule has 0 nitrogen and oxygen atoms in total. The summed E-state index contributed by atoms with van der Waals surface area (Å²) < 4.78 is 38.7. The molecule has 0 N–H and O–H groups in total. The Labute approximate surface area is 117 Å². The van der Waals surface area contributed by atoms with E-state index in [1.807, 2.05) is 19.1 Å². The van der Waals surface area contributed by atoms with Gasteiger partial charge in [-0.25, -0.2) is 0 Å². The van der Waals surface area contributed by atoms with Crippen LogP contribution < -0.4 is 10.4 Å². The monoisotopic (exact) mass is 292 g/mol. The van der Waals surface area contributed by atoms with E-state index in [4.69, 9.17) is 0 Å². The van der Waals surface area contributed by atoms with Crippen molar-refractivity contribution in [2.75, 3.05) is 0 Å². The number of rotatable bonds is 0. The number of halogens is 3. The second-order valence-electron chi connectivity index (χ2n) is 5.93. The van der Waals surface area contributed by atoms with Crippen LogP contribution in [0.5, 0.6) is 0 Å². The van der Waals surface area contributed by atoms with Gasteiger partial charge in [-0.15, -0.1) is 0 Å². The minimum atomic E-state index is -4.28. The molecule has 2 aromatic rings. The molecule has 0 aliphatic carbocycles. The Balaban J connectivity index is 2.30. The Morgan fingerprint density at radius 3 is 2.00 bits per heavy atom. The van der Waals surface area contributed by atoms with Gasteiger partial charge in [0.1, 0.15) is 8.07 Å². The highest BCUT2D eigenvalue weighted by molar-refractivity contribution is 7.03. The summed E-state index contributed by atoms with van der Waals surface area (Å²) in [7, 11) is -1.85. The highest BCUT2D eigenvalue weighted by Crippen LogP contribution is 2.35. The van der Waals surface area contributed by atoms with Gasteiger partial charge in [0.05, 0.1) is 5.56 Å². The summed E-state index contributed by atoms with van der Waals surface area (Å²) >= 11 is 0. The van der Waals surface area contributed by atoms with Crippen molar-refractivity contribution in [1.82, 2.24) is 0 Å². The molecule has 4 heteroatoms. The average molecular weight is 292 g/mol. The lowest BCUT2D eigenvalue weighted by atomic mass is 10.0. The smallest absolute Gasteiger partial charge is 0.166 e. The predicted molar refractivity (Wildman–Crippen MR) is 78.4 cm³/mol. The van der Waals surface area contributed by atoms with Crippen molar-refractivity contribution in [1.29, 1.82) is 0 Å². The number of hydrogen-bond acceptors (Lipinski definition) is 0. The Morgan fingerprint density at radius 2 is 1.40 bits per heavy atom. The third-order valence-corrected chi connectivity index (χ3v) is 7.72. The number of benzene rings is 2. The molecule has 0 atom stereocenters. The Hall–Kier alpha value is -1.55. The van der Waals surface area contributed by atoms with Crippen LogP contribution in [0.3, 0.4) is 0 Å². The quantitative estimate of drug-likeness (QED) is 0.648.